The van der Waals surface area contributed by atoms with Gasteiger partial charge in [-0.25, -0.2) is 0 Å². The van der Waals surface area contributed by atoms with E-state index in [9.17, 15) is 8.42 Å². The van der Waals surface area contributed by atoms with Gasteiger partial charge in [0.2, 0.25) is 10.6 Å². The van der Waals surface area contributed by atoms with E-state index in [0.717, 1.165) is 0 Å². The molecule has 1 aromatic heterocycles. The van der Waals surface area contributed by atoms with Crippen LogP contribution < -0.4 is 9.92 Å². The Morgan fingerprint density at radius 3 is 2.06 bits per heavy atom. The van der Waals surface area contributed by atoms with Crippen molar-refractivity contribution in [2.24, 2.45) is 5.73 Å². The van der Waals surface area contributed by atoms with Crippen LogP contribution in [-0.2, 0) is 10.1 Å². The van der Waals surface area contributed by atoms with Crippen molar-refractivity contribution in [3.63, 3.8) is 0 Å². The molecule has 85 valence electrons. The number of nitrogens with zero attached hydrogens (tertiary/aromatic N) is 3. The zero-order valence-electron chi connectivity index (χ0n) is 8.39. The van der Waals surface area contributed by atoms with E-state index in [-0.39, 0.29) is 40.1 Å². The third-order valence-corrected chi connectivity index (χ3v) is 2.84. The minimum absolute atomic E-state index is 0. The Labute approximate surface area is 124 Å². The molecule has 0 saturated carbocycles. The molecule has 0 spiro atoms. The maximum atomic E-state index is 11.2. The van der Waals surface area contributed by atoms with Crippen LogP contribution in [0.5, 0.6) is 6.01 Å². The molecule has 0 aliphatic heterocycles. The van der Waals surface area contributed by atoms with Crippen LogP contribution in [0, 0.1) is 0 Å². The standard InChI is InChI=1S/C5H6Cl2N4O3S.Na/c1-2(8)15(12,13)14-5-10-3(6)9-4(7)11-5;/h2H,8H2,1H3;. The molecular formula is C5H6Cl2N4NaO3S. The molecule has 0 saturated heterocycles. The van der Waals surface area contributed by atoms with Crippen molar-refractivity contribution < 1.29 is 12.6 Å². The van der Waals surface area contributed by atoms with Crippen molar-refractivity contribution in [2.75, 3.05) is 0 Å². The van der Waals surface area contributed by atoms with Gasteiger partial charge < -0.3 is 9.92 Å². The number of aromatic nitrogens is 3. The molecule has 16 heavy (non-hydrogen) atoms. The van der Waals surface area contributed by atoms with Gasteiger partial charge in [-0.15, -0.1) is 0 Å². The van der Waals surface area contributed by atoms with E-state index in [1.807, 2.05) is 0 Å². The normalized spacial score (nSPS) is 12.8. The van der Waals surface area contributed by atoms with Crippen LogP contribution >= 0.6 is 23.2 Å². The summed E-state index contributed by atoms with van der Waals surface area (Å²) in [6, 6.07) is -0.516. The summed E-state index contributed by atoms with van der Waals surface area (Å²) in [5, 5.41) is -1.76. The number of hydrogen-bond donors (Lipinski definition) is 1. The molecule has 0 fully saturated rings. The van der Waals surface area contributed by atoms with Gasteiger partial charge in [-0.05, 0) is 30.1 Å². The number of halogens is 2. The van der Waals surface area contributed by atoms with Gasteiger partial charge >= 0.3 is 16.1 Å². The smallest absolute Gasteiger partial charge is 0.338 e. The molecule has 0 bridgehead atoms. The maximum Gasteiger partial charge on any atom is 0.338 e. The fourth-order valence-electron chi connectivity index (χ4n) is 0.526. The SMILES string of the molecule is CC(N)S(=O)(=O)Oc1nc(Cl)nc(Cl)n1.[Na]. The molecule has 0 aliphatic carbocycles. The Balaban J connectivity index is 0.00000225. The van der Waals surface area contributed by atoms with Crippen molar-refractivity contribution in [3.8, 4) is 6.01 Å². The Kier molecular flexibility index (Phi) is 6.41. The van der Waals surface area contributed by atoms with Crippen molar-refractivity contribution in [3.05, 3.63) is 10.6 Å². The quantitative estimate of drug-likeness (QED) is 0.608. The van der Waals surface area contributed by atoms with E-state index < -0.39 is 21.5 Å². The second kappa shape index (κ2) is 6.29. The van der Waals surface area contributed by atoms with Gasteiger partial charge in [0, 0.05) is 29.6 Å². The summed E-state index contributed by atoms with van der Waals surface area (Å²) in [6.07, 6.45) is 0. The van der Waals surface area contributed by atoms with Crippen molar-refractivity contribution in [1.82, 2.24) is 15.0 Å². The molecule has 7 nitrogen and oxygen atoms in total. The van der Waals surface area contributed by atoms with Crippen LogP contribution in [0.4, 0.5) is 0 Å². The average molecular weight is 296 g/mol. The second-order valence-corrected chi connectivity index (χ2v) is 5.01. The Morgan fingerprint density at radius 2 is 1.69 bits per heavy atom. The van der Waals surface area contributed by atoms with Crippen LogP contribution in [0.25, 0.3) is 0 Å². The van der Waals surface area contributed by atoms with Gasteiger partial charge in [0.25, 0.3) is 0 Å². The van der Waals surface area contributed by atoms with E-state index in [4.69, 9.17) is 28.9 Å². The summed E-state index contributed by atoms with van der Waals surface area (Å²) in [6.45, 7) is 1.24. The Hall–Kier alpha value is 0.300. The Bertz CT molecular complexity index is 448. The zero-order valence-corrected chi connectivity index (χ0v) is 12.7. The van der Waals surface area contributed by atoms with Crippen LogP contribution in [0.1, 0.15) is 6.92 Å². The second-order valence-electron chi connectivity index (χ2n) is 2.44. The van der Waals surface area contributed by atoms with Crippen LogP contribution in [0.3, 0.4) is 0 Å². The van der Waals surface area contributed by atoms with Gasteiger partial charge in [-0.2, -0.15) is 23.4 Å². The van der Waals surface area contributed by atoms with Gasteiger partial charge in [0.1, 0.15) is 5.37 Å². The largest absolute Gasteiger partial charge is 0.342 e. The summed E-state index contributed by atoms with van der Waals surface area (Å²) in [7, 11) is -3.98. The summed E-state index contributed by atoms with van der Waals surface area (Å²) in [5.41, 5.74) is 5.14. The van der Waals surface area contributed by atoms with E-state index in [1.54, 1.807) is 0 Å². The van der Waals surface area contributed by atoms with Crippen LogP contribution in [0.2, 0.25) is 10.6 Å². The molecule has 0 aromatic carbocycles. The van der Waals surface area contributed by atoms with Crippen molar-refractivity contribution in [2.45, 2.75) is 12.3 Å². The predicted molar refractivity (Wildman–Crippen MR) is 58.8 cm³/mol. The summed E-state index contributed by atoms with van der Waals surface area (Å²) < 4.78 is 26.8. The van der Waals surface area contributed by atoms with Gasteiger partial charge in [0.05, 0.1) is 0 Å². The minimum Gasteiger partial charge on any atom is -0.342 e. The first-order valence-corrected chi connectivity index (χ1v) is 5.80. The fraction of sp³-hybridized carbons (Fsp3) is 0.400. The average Bonchev–Trinajstić information content (AvgIpc) is 1.99. The van der Waals surface area contributed by atoms with Gasteiger partial charge in [-0.1, -0.05) is 0 Å². The minimum atomic E-state index is -3.98. The summed E-state index contributed by atoms with van der Waals surface area (Å²) >= 11 is 10.8. The molecule has 0 aliphatic rings. The molecule has 1 unspecified atom stereocenters. The molecule has 2 N–H and O–H groups in total. The molecule has 1 heterocycles. The molecule has 1 rings (SSSR count). The fourth-order valence-corrected chi connectivity index (χ4v) is 1.31. The van der Waals surface area contributed by atoms with Crippen LogP contribution in [0.15, 0.2) is 0 Å². The molecule has 1 atom stereocenters. The molecule has 1 radical (unpaired) electrons. The maximum absolute atomic E-state index is 11.2. The number of nitrogens with two attached hydrogens (primary N) is 1. The predicted octanol–water partition coefficient (Wildman–Crippen LogP) is -0.189. The third kappa shape index (κ3) is 4.66. The van der Waals surface area contributed by atoms with E-state index in [0.29, 0.717) is 0 Å². The van der Waals surface area contributed by atoms with Crippen LogP contribution in [-0.4, -0.2) is 58.3 Å². The first kappa shape index (κ1) is 16.3. The number of hydrogen-bond acceptors (Lipinski definition) is 7. The summed E-state index contributed by atoms with van der Waals surface area (Å²) in [5.74, 6) is 0. The number of rotatable bonds is 3. The monoisotopic (exact) mass is 295 g/mol. The molecule has 0 amide bonds. The van der Waals surface area contributed by atoms with Crippen molar-refractivity contribution in [1.29, 1.82) is 0 Å². The van der Waals surface area contributed by atoms with E-state index in [1.165, 1.54) is 6.92 Å². The van der Waals surface area contributed by atoms with Gasteiger partial charge in [0.15, 0.2) is 0 Å². The van der Waals surface area contributed by atoms with Gasteiger partial charge in [-0.3, -0.25) is 0 Å². The molecular weight excluding hydrogens is 290 g/mol. The molecule has 1 aromatic rings. The first-order chi connectivity index (χ1) is 6.81. The van der Waals surface area contributed by atoms with E-state index in [2.05, 4.69) is 19.1 Å². The first-order valence-electron chi connectivity index (χ1n) is 3.57. The third-order valence-electron chi connectivity index (χ3n) is 1.21. The Morgan fingerprint density at radius 1 is 1.25 bits per heavy atom. The summed E-state index contributed by atoms with van der Waals surface area (Å²) in [4.78, 5) is 10.2. The van der Waals surface area contributed by atoms with E-state index >= 15 is 0 Å². The molecule has 11 heteroatoms. The topological polar surface area (TPSA) is 108 Å². The zero-order chi connectivity index (χ0) is 11.6. The van der Waals surface area contributed by atoms with Crippen molar-refractivity contribution >= 4 is 62.9 Å².